The second-order valence-electron chi connectivity index (χ2n) is 3.60. The molecule has 0 aromatic carbocycles. The van der Waals surface area contributed by atoms with Crippen LogP contribution >= 0.6 is 0 Å². The normalized spacial score (nSPS) is 25.6. The van der Waals surface area contributed by atoms with Gasteiger partial charge in [0.05, 0.1) is 0 Å². The molecule has 1 aliphatic rings. The summed E-state index contributed by atoms with van der Waals surface area (Å²) in [6.45, 7) is 13.1. The van der Waals surface area contributed by atoms with Gasteiger partial charge in [-0.1, -0.05) is 54.4 Å². The Morgan fingerprint density at radius 1 is 0.818 bits per heavy atom. The third-order valence-electron chi connectivity index (χ3n) is 1.51. The quantitative estimate of drug-likeness (QED) is 0.487. The number of hydrogen-bond donors (Lipinski definition) is 0. The summed E-state index contributed by atoms with van der Waals surface area (Å²) < 4.78 is 0. The fourth-order valence-corrected chi connectivity index (χ4v) is 0.508. The highest BCUT2D eigenvalue weighted by Gasteiger charge is 2.26. The van der Waals surface area contributed by atoms with E-state index >= 15 is 0 Å². The van der Waals surface area contributed by atoms with Crippen LogP contribution in [0.2, 0.25) is 0 Å². The molecule has 0 amide bonds. The zero-order valence-electron chi connectivity index (χ0n) is 9.28. The topological polar surface area (TPSA) is 0 Å². The molecule has 0 aromatic rings. The molecule has 0 bridgehead atoms. The van der Waals surface area contributed by atoms with Crippen molar-refractivity contribution in [2.24, 2.45) is 11.8 Å². The van der Waals surface area contributed by atoms with E-state index in [4.69, 9.17) is 0 Å². The van der Waals surface area contributed by atoms with Gasteiger partial charge >= 0.3 is 0 Å². The van der Waals surface area contributed by atoms with Gasteiger partial charge < -0.3 is 0 Å². The first kappa shape index (κ1) is 13.6. The lowest BCUT2D eigenvalue weighted by atomic mass is 10.4. The largest absolute Gasteiger partial charge is 0.0656 e. The summed E-state index contributed by atoms with van der Waals surface area (Å²) in [6.07, 6.45) is 3.97. The van der Waals surface area contributed by atoms with E-state index in [9.17, 15) is 0 Å². The highest BCUT2D eigenvalue weighted by molar-refractivity contribution is 4.76. The lowest BCUT2D eigenvalue weighted by Gasteiger charge is -1.66. The molecule has 0 saturated heterocycles. The van der Waals surface area contributed by atoms with Crippen LogP contribution in [0.4, 0.5) is 0 Å². The molecule has 0 heteroatoms. The monoisotopic (exact) mass is 158 g/mol. The minimum absolute atomic E-state index is 1.05. The van der Waals surface area contributed by atoms with Crippen molar-refractivity contribution < 1.29 is 0 Å². The summed E-state index contributed by atoms with van der Waals surface area (Å²) in [5.74, 6) is 2.10. The fourth-order valence-electron chi connectivity index (χ4n) is 0.508. The highest BCUT2D eigenvalue weighted by atomic mass is 14.3. The maximum absolute atomic E-state index is 2.30. The molecule has 0 N–H and O–H groups in total. The molecule has 1 rings (SSSR count). The van der Waals surface area contributed by atoms with Crippen LogP contribution in [0, 0.1) is 11.8 Å². The van der Waals surface area contributed by atoms with Gasteiger partial charge in [-0.25, -0.2) is 0 Å². The van der Waals surface area contributed by atoms with Crippen molar-refractivity contribution in [3.8, 4) is 0 Å². The standard InChI is InChI=1S/C5H10.2C3H8/c1-4-3-5(4)2;2*1-3-2/h4-5H,3H2,1-2H3;2*3H2,1-2H3. The molecule has 70 valence electrons. The van der Waals surface area contributed by atoms with Crippen LogP contribution in [0.3, 0.4) is 0 Å². The summed E-state index contributed by atoms with van der Waals surface area (Å²) in [5.41, 5.74) is 0. The van der Waals surface area contributed by atoms with Gasteiger partial charge in [0.1, 0.15) is 0 Å². The van der Waals surface area contributed by atoms with Crippen LogP contribution in [-0.4, -0.2) is 0 Å². The molecule has 2 atom stereocenters. The van der Waals surface area contributed by atoms with Crippen molar-refractivity contribution in [2.45, 2.75) is 60.8 Å². The fraction of sp³-hybridized carbons (Fsp3) is 1.00. The summed E-state index contributed by atoms with van der Waals surface area (Å²) in [6, 6.07) is 0. The predicted octanol–water partition coefficient (Wildman–Crippen LogP) is 4.49. The van der Waals surface area contributed by atoms with Crippen molar-refractivity contribution in [1.29, 1.82) is 0 Å². The maximum Gasteiger partial charge on any atom is -0.0414 e. The highest BCUT2D eigenvalue weighted by Crippen LogP contribution is 2.36. The SMILES string of the molecule is CC1CC1C.CCC.CCC. The molecule has 0 heterocycles. The molecule has 0 radical (unpaired) electrons. The summed E-state index contributed by atoms with van der Waals surface area (Å²) in [5, 5.41) is 0. The molecule has 0 spiro atoms. The number of hydrogen-bond acceptors (Lipinski definition) is 0. The smallest absolute Gasteiger partial charge is 0.0414 e. The molecule has 1 fully saturated rings. The van der Waals surface area contributed by atoms with Gasteiger partial charge in [0, 0.05) is 0 Å². The zero-order valence-corrected chi connectivity index (χ0v) is 9.28. The van der Waals surface area contributed by atoms with Crippen LogP contribution < -0.4 is 0 Å². The van der Waals surface area contributed by atoms with E-state index in [2.05, 4.69) is 41.5 Å². The average Bonchev–Trinajstić information content (AvgIpc) is 2.49. The van der Waals surface area contributed by atoms with E-state index < -0.39 is 0 Å². The predicted molar refractivity (Wildman–Crippen MR) is 54.9 cm³/mol. The van der Waals surface area contributed by atoms with Gasteiger partial charge in [-0.05, 0) is 18.3 Å². The van der Waals surface area contributed by atoms with Crippen molar-refractivity contribution in [3.05, 3.63) is 0 Å². The van der Waals surface area contributed by atoms with Gasteiger partial charge in [-0.15, -0.1) is 0 Å². The van der Waals surface area contributed by atoms with E-state index in [-0.39, 0.29) is 0 Å². The minimum atomic E-state index is 1.05. The first-order valence-electron chi connectivity index (χ1n) is 5.13. The van der Waals surface area contributed by atoms with Crippen LogP contribution in [0.15, 0.2) is 0 Å². The second kappa shape index (κ2) is 10.0. The zero-order chi connectivity index (χ0) is 9.28. The molecule has 1 saturated carbocycles. The minimum Gasteiger partial charge on any atom is -0.0656 e. The Labute approximate surface area is 73.4 Å². The van der Waals surface area contributed by atoms with Crippen LogP contribution in [-0.2, 0) is 0 Å². The molecule has 2 unspecified atom stereocenters. The second-order valence-corrected chi connectivity index (χ2v) is 3.60. The van der Waals surface area contributed by atoms with Crippen LogP contribution in [0.25, 0.3) is 0 Å². The Kier molecular flexibility index (Phi) is 12.3. The molecule has 1 aliphatic carbocycles. The lowest BCUT2D eigenvalue weighted by molar-refractivity contribution is 0.834. The molecule has 0 aromatic heterocycles. The Hall–Kier alpha value is 0. The first-order chi connectivity index (χ1) is 5.13. The van der Waals surface area contributed by atoms with Crippen molar-refractivity contribution in [1.82, 2.24) is 0 Å². The summed E-state index contributed by atoms with van der Waals surface area (Å²) in [7, 11) is 0. The Morgan fingerprint density at radius 2 is 0.909 bits per heavy atom. The summed E-state index contributed by atoms with van der Waals surface area (Å²) >= 11 is 0. The van der Waals surface area contributed by atoms with Crippen molar-refractivity contribution >= 4 is 0 Å². The van der Waals surface area contributed by atoms with Gasteiger partial charge in [0.15, 0.2) is 0 Å². The van der Waals surface area contributed by atoms with Gasteiger partial charge in [0.2, 0.25) is 0 Å². The third kappa shape index (κ3) is 17.8. The van der Waals surface area contributed by atoms with E-state index in [1.54, 1.807) is 0 Å². The van der Waals surface area contributed by atoms with Crippen molar-refractivity contribution in [2.75, 3.05) is 0 Å². The van der Waals surface area contributed by atoms with Gasteiger partial charge in [0.25, 0.3) is 0 Å². The van der Waals surface area contributed by atoms with E-state index in [0.29, 0.717) is 0 Å². The molecule has 0 aliphatic heterocycles. The molecular formula is C11H26. The maximum atomic E-state index is 2.30. The summed E-state index contributed by atoms with van der Waals surface area (Å²) in [4.78, 5) is 0. The van der Waals surface area contributed by atoms with Crippen molar-refractivity contribution in [3.63, 3.8) is 0 Å². The van der Waals surface area contributed by atoms with Gasteiger partial charge in [-0.2, -0.15) is 0 Å². The Morgan fingerprint density at radius 3 is 0.909 bits per heavy atom. The van der Waals surface area contributed by atoms with E-state index in [1.807, 2.05) is 0 Å². The van der Waals surface area contributed by atoms with Crippen LogP contribution in [0.1, 0.15) is 60.8 Å². The number of rotatable bonds is 0. The van der Waals surface area contributed by atoms with E-state index in [1.165, 1.54) is 19.3 Å². The average molecular weight is 158 g/mol. The van der Waals surface area contributed by atoms with Crippen LogP contribution in [0.5, 0.6) is 0 Å². The molecule has 11 heavy (non-hydrogen) atoms. The van der Waals surface area contributed by atoms with Gasteiger partial charge in [-0.3, -0.25) is 0 Å². The third-order valence-corrected chi connectivity index (χ3v) is 1.51. The Balaban J connectivity index is 0. The molecular weight excluding hydrogens is 132 g/mol. The van der Waals surface area contributed by atoms with E-state index in [0.717, 1.165) is 11.8 Å². The Bertz CT molecular complexity index is 49.1. The molecule has 0 nitrogen and oxygen atoms in total. The lowest BCUT2D eigenvalue weighted by Crippen LogP contribution is -1.58. The first-order valence-corrected chi connectivity index (χ1v) is 5.13.